The molecule has 0 N–H and O–H groups in total. The number of carbonyl (C=O) groups excluding carboxylic acids is 1. The van der Waals surface area contributed by atoms with Crippen molar-refractivity contribution in [3.05, 3.63) is 36.2 Å². The Labute approximate surface area is 165 Å². The number of piperidine rings is 1. The lowest BCUT2D eigenvalue weighted by Gasteiger charge is -2.36. The van der Waals surface area contributed by atoms with Crippen molar-refractivity contribution < 1.29 is 4.79 Å². The van der Waals surface area contributed by atoms with Crippen LogP contribution in [0.1, 0.15) is 64.1 Å². The minimum absolute atomic E-state index is 0.157. The van der Waals surface area contributed by atoms with Gasteiger partial charge in [0.25, 0.3) is 0 Å². The van der Waals surface area contributed by atoms with Crippen molar-refractivity contribution in [3.8, 4) is 5.69 Å². The quantitative estimate of drug-likeness (QED) is 0.692. The topological polar surface area (TPSA) is 51.0 Å². The van der Waals surface area contributed by atoms with Crippen LogP contribution in [0.15, 0.2) is 35.5 Å². The number of likely N-dealkylation sites (tertiary alicyclic amines) is 1. The molecule has 27 heavy (non-hydrogen) atoms. The van der Waals surface area contributed by atoms with Crippen molar-refractivity contribution in [3.63, 3.8) is 0 Å². The van der Waals surface area contributed by atoms with E-state index < -0.39 is 0 Å². The van der Waals surface area contributed by atoms with Gasteiger partial charge in [0.05, 0.1) is 10.9 Å². The van der Waals surface area contributed by atoms with Gasteiger partial charge in [0.1, 0.15) is 5.82 Å². The first kappa shape index (κ1) is 18.5. The van der Waals surface area contributed by atoms with E-state index in [9.17, 15) is 4.79 Å². The van der Waals surface area contributed by atoms with Gasteiger partial charge in [-0.1, -0.05) is 36.9 Å². The number of hydrogen-bond acceptors (Lipinski definition) is 4. The van der Waals surface area contributed by atoms with Crippen LogP contribution in [0, 0.1) is 0 Å². The van der Waals surface area contributed by atoms with Crippen LogP contribution < -0.4 is 0 Å². The first-order valence-electron chi connectivity index (χ1n) is 10.2. The van der Waals surface area contributed by atoms with Crippen molar-refractivity contribution in [1.82, 2.24) is 19.7 Å². The summed E-state index contributed by atoms with van der Waals surface area (Å²) in [6.45, 7) is 5.06. The first-order valence-corrected chi connectivity index (χ1v) is 11.0. The maximum Gasteiger partial charge on any atom is 0.236 e. The summed E-state index contributed by atoms with van der Waals surface area (Å²) in [6.07, 6.45) is 6.87. The highest BCUT2D eigenvalue weighted by molar-refractivity contribution is 8.00. The molecule has 2 atom stereocenters. The summed E-state index contributed by atoms with van der Waals surface area (Å²) in [4.78, 5) is 19.9. The Balaban J connectivity index is 1.51. The minimum atomic E-state index is -0.157. The van der Waals surface area contributed by atoms with E-state index in [4.69, 9.17) is 10.1 Å². The Kier molecular flexibility index (Phi) is 5.53. The van der Waals surface area contributed by atoms with Crippen molar-refractivity contribution in [2.45, 2.75) is 74.7 Å². The number of rotatable bonds is 6. The largest absolute Gasteiger partial charge is 0.339 e. The second-order valence-corrected chi connectivity index (χ2v) is 8.93. The lowest BCUT2D eigenvalue weighted by atomic mass is 10.00. The Bertz CT molecular complexity index is 787. The van der Waals surface area contributed by atoms with Crippen molar-refractivity contribution >= 4 is 17.7 Å². The average molecular weight is 385 g/mol. The number of amides is 1. The van der Waals surface area contributed by atoms with Crippen LogP contribution >= 0.6 is 11.8 Å². The summed E-state index contributed by atoms with van der Waals surface area (Å²) >= 11 is 1.50. The zero-order valence-corrected chi connectivity index (χ0v) is 17.0. The van der Waals surface area contributed by atoms with Gasteiger partial charge in [0.15, 0.2) is 0 Å². The van der Waals surface area contributed by atoms with E-state index in [2.05, 4.69) is 24.0 Å². The van der Waals surface area contributed by atoms with Crippen molar-refractivity contribution in [2.75, 3.05) is 6.54 Å². The maximum absolute atomic E-state index is 13.0. The van der Waals surface area contributed by atoms with Crippen LogP contribution in [0.3, 0.4) is 0 Å². The van der Waals surface area contributed by atoms with E-state index in [-0.39, 0.29) is 11.2 Å². The van der Waals surface area contributed by atoms with Crippen LogP contribution in [0.2, 0.25) is 0 Å². The average Bonchev–Trinajstić information content (AvgIpc) is 3.48. The fraction of sp³-hybridized carbons (Fsp3) is 0.571. The smallest absolute Gasteiger partial charge is 0.236 e. The van der Waals surface area contributed by atoms with E-state index in [1.54, 1.807) is 0 Å². The van der Waals surface area contributed by atoms with Gasteiger partial charge < -0.3 is 4.90 Å². The fourth-order valence-corrected chi connectivity index (χ4v) is 4.70. The molecule has 0 radical (unpaired) electrons. The molecule has 6 heteroatoms. The number of hydrogen-bond donors (Lipinski definition) is 0. The predicted octanol–water partition coefficient (Wildman–Crippen LogP) is 4.42. The van der Waals surface area contributed by atoms with Crippen molar-refractivity contribution in [2.24, 2.45) is 0 Å². The van der Waals surface area contributed by atoms with E-state index in [0.29, 0.717) is 17.1 Å². The Morgan fingerprint density at radius 2 is 2.00 bits per heavy atom. The molecule has 2 fully saturated rings. The Hall–Kier alpha value is -1.82. The number of nitrogens with zero attached hydrogens (tertiary/aromatic N) is 4. The Morgan fingerprint density at radius 3 is 2.70 bits per heavy atom. The van der Waals surface area contributed by atoms with E-state index in [1.165, 1.54) is 31.0 Å². The fourth-order valence-electron chi connectivity index (χ4n) is 3.88. The monoisotopic (exact) mass is 384 g/mol. The van der Waals surface area contributed by atoms with Gasteiger partial charge in [-0.2, -0.15) is 0 Å². The molecule has 4 rings (SSSR count). The maximum atomic E-state index is 13.0. The predicted molar refractivity (Wildman–Crippen MR) is 108 cm³/mol. The van der Waals surface area contributed by atoms with E-state index in [0.717, 1.165) is 37.3 Å². The summed E-state index contributed by atoms with van der Waals surface area (Å²) in [5.41, 5.74) is 1.04. The molecule has 1 amide bonds. The summed E-state index contributed by atoms with van der Waals surface area (Å²) < 4.78 is 1.97. The van der Waals surface area contributed by atoms with Gasteiger partial charge in [0.2, 0.25) is 11.1 Å². The van der Waals surface area contributed by atoms with Gasteiger partial charge in [-0.05, 0) is 57.6 Å². The molecule has 0 bridgehead atoms. The standard InChI is InChI=1S/C21H28N4OS/c1-3-17-9-7-8-14-24(17)20(26)15(2)27-21-22-19(16-12-13-16)25(23-21)18-10-5-4-6-11-18/h4-6,10-11,15-17H,3,7-9,12-14H2,1-2H3. The van der Waals surface area contributed by atoms with Gasteiger partial charge >= 0.3 is 0 Å². The zero-order chi connectivity index (χ0) is 18.8. The van der Waals surface area contributed by atoms with Crippen LogP contribution in [0.25, 0.3) is 5.69 Å². The molecule has 2 heterocycles. The van der Waals surface area contributed by atoms with E-state index in [1.807, 2.05) is 29.8 Å². The van der Waals surface area contributed by atoms with E-state index >= 15 is 0 Å². The zero-order valence-electron chi connectivity index (χ0n) is 16.2. The third-order valence-electron chi connectivity index (χ3n) is 5.57. The van der Waals surface area contributed by atoms with Gasteiger partial charge in [0, 0.05) is 18.5 Å². The molecule has 5 nitrogen and oxygen atoms in total. The Morgan fingerprint density at radius 1 is 1.22 bits per heavy atom. The summed E-state index contributed by atoms with van der Waals surface area (Å²) in [5.74, 6) is 1.77. The number of aromatic nitrogens is 3. The molecule has 0 spiro atoms. The summed E-state index contributed by atoms with van der Waals surface area (Å²) in [5, 5.41) is 5.30. The summed E-state index contributed by atoms with van der Waals surface area (Å²) in [7, 11) is 0. The molecule has 2 aliphatic rings. The normalized spacial score (nSPS) is 21.3. The SMILES string of the molecule is CCC1CCCCN1C(=O)C(C)Sc1nc(C2CC2)n(-c2ccccc2)n1. The lowest BCUT2D eigenvalue weighted by molar-refractivity contribution is -0.134. The molecule has 1 saturated heterocycles. The second-order valence-electron chi connectivity index (χ2n) is 7.62. The van der Waals surface area contributed by atoms with Crippen LogP contribution in [0.4, 0.5) is 0 Å². The molecule has 144 valence electrons. The summed E-state index contributed by atoms with van der Waals surface area (Å²) in [6, 6.07) is 10.6. The molecule has 1 saturated carbocycles. The van der Waals surface area contributed by atoms with Crippen molar-refractivity contribution in [1.29, 1.82) is 0 Å². The lowest BCUT2D eigenvalue weighted by Crippen LogP contribution is -2.46. The van der Waals surface area contributed by atoms with Crippen LogP contribution in [0.5, 0.6) is 0 Å². The van der Waals surface area contributed by atoms with Gasteiger partial charge in [-0.3, -0.25) is 4.79 Å². The molecule has 1 aromatic carbocycles. The number of carbonyl (C=O) groups is 1. The highest BCUT2D eigenvalue weighted by Gasteiger charge is 2.33. The molecule has 1 aliphatic carbocycles. The highest BCUT2D eigenvalue weighted by atomic mass is 32.2. The van der Waals surface area contributed by atoms with Gasteiger partial charge in [-0.15, -0.1) is 5.10 Å². The van der Waals surface area contributed by atoms with Crippen LogP contribution in [-0.2, 0) is 4.79 Å². The molecular weight excluding hydrogens is 356 g/mol. The number of benzene rings is 1. The first-order chi connectivity index (χ1) is 13.2. The number of para-hydroxylation sites is 1. The minimum Gasteiger partial charge on any atom is -0.339 e. The highest BCUT2D eigenvalue weighted by Crippen LogP contribution is 2.40. The molecular formula is C21H28N4OS. The number of thioether (sulfide) groups is 1. The third kappa shape index (κ3) is 4.05. The molecule has 1 aromatic heterocycles. The third-order valence-corrected chi connectivity index (χ3v) is 6.51. The van der Waals surface area contributed by atoms with Crippen LogP contribution in [-0.4, -0.2) is 43.4 Å². The van der Waals surface area contributed by atoms with Gasteiger partial charge in [-0.25, -0.2) is 9.67 Å². The second kappa shape index (κ2) is 8.05. The molecule has 1 aliphatic heterocycles. The molecule has 2 unspecified atom stereocenters. The molecule has 2 aromatic rings.